The van der Waals surface area contributed by atoms with E-state index >= 15 is 0 Å². The smallest absolute Gasteiger partial charge is 0.272 e. The summed E-state index contributed by atoms with van der Waals surface area (Å²) in [6, 6.07) is 13.7. The summed E-state index contributed by atoms with van der Waals surface area (Å²) in [5.41, 5.74) is 2.24. The molecule has 0 fully saturated rings. The molecular formula is C21H19ClN4O2. The highest BCUT2D eigenvalue weighted by Gasteiger charge is 2.16. The van der Waals surface area contributed by atoms with E-state index in [1.165, 1.54) is 12.3 Å². The Morgan fingerprint density at radius 2 is 1.86 bits per heavy atom. The number of benzene rings is 1. The molecule has 0 aliphatic heterocycles. The second-order valence-electron chi connectivity index (χ2n) is 6.23. The van der Waals surface area contributed by atoms with Gasteiger partial charge >= 0.3 is 0 Å². The lowest BCUT2D eigenvalue weighted by Crippen LogP contribution is -2.29. The van der Waals surface area contributed by atoms with E-state index in [0.29, 0.717) is 29.2 Å². The van der Waals surface area contributed by atoms with E-state index in [4.69, 9.17) is 11.6 Å². The Labute approximate surface area is 168 Å². The highest BCUT2D eigenvalue weighted by atomic mass is 35.5. The molecule has 2 heterocycles. The predicted molar refractivity (Wildman–Crippen MR) is 109 cm³/mol. The van der Waals surface area contributed by atoms with Crippen molar-refractivity contribution < 1.29 is 9.59 Å². The summed E-state index contributed by atoms with van der Waals surface area (Å²) in [5.74, 6) is -0.579. The van der Waals surface area contributed by atoms with Gasteiger partial charge in [0.15, 0.2) is 0 Å². The topological polar surface area (TPSA) is 75.2 Å². The number of pyridine rings is 2. The fourth-order valence-electron chi connectivity index (χ4n) is 2.60. The zero-order chi connectivity index (χ0) is 19.9. The first-order valence-electron chi connectivity index (χ1n) is 8.70. The van der Waals surface area contributed by atoms with Crippen LogP contribution in [0.15, 0.2) is 67.1 Å². The molecule has 0 atom stereocenters. The number of carbonyl (C=O) groups excluding carboxylic acids is 2. The van der Waals surface area contributed by atoms with Crippen molar-refractivity contribution in [1.82, 2.24) is 14.9 Å². The van der Waals surface area contributed by atoms with Gasteiger partial charge in [0.1, 0.15) is 5.69 Å². The molecule has 2 amide bonds. The van der Waals surface area contributed by atoms with Crippen LogP contribution in [-0.2, 0) is 6.42 Å². The van der Waals surface area contributed by atoms with Crippen LogP contribution in [0.3, 0.4) is 0 Å². The summed E-state index contributed by atoms with van der Waals surface area (Å²) in [6.07, 6.45) is 5.61. The van der Waals surface area contributed by atoms with Gasteiger partial charge < -0.3 is 10.2 Å². The van der Waals surface area contributed by atoms with E-state index in [9.17, 15) is 9.59 Å². The normalized spacial score (nSPS) is 10.4. The predicted octanol–water partition coefficient (Wildman–Crippen LogP) is 3.70. The van der Waals surface area contributed by atoms with Gasteiger partial charge in [-0.2, -0.15) is 0 Å². The van der Waals surface area contributed by atoms with Crippen LogP contribution >= 0.6 is 11.6 Å². The van der Waals surface area contributed by atoms with Gasteiger partial charge in [-0.05, 0) is 54.4 Å². The summed E-state index contributed by atoms with van der Waals surface area (Å²) < 4.78 is 0. The highest BCUT2D eigenvalue weighted by molar-refractivity contribution is 6.31. The summed E-state index contributed by atoms with van der Waals surface area (Å²) >= 11 is 5.93. The summed E-state index contributed by atoms with van der Waals surface area (Å²) in [7, 11) is 1.71. The lowest BCUT2D eigenvalue weighted by Gasteiger charge is -2.17. The molecule has 3 rings (SSSR count). The zero-order valence-electron chi connectivity index (χ0n) is 15.3. The van der Waals surface area contributed by atoms with Gasteiger partial charge in [0.25, 0.3) is 11.8 Å². The number of nitrogens with one attached hydrogen (secondary N) is 1. The van der Waals surface area contributed by atoms with Crippen LogP contribution in [0.5, 0.6) is 0 Å². The van der Waals surface area contributed by atoms with E-state index in [-0.39, 0.29) is 17.5 Å². The molecule has 0 spiro atoms. The van der Waals surface area contributed by atoms with Crippen molar-refractivity contribution in [2.45, 2.75) is 6.42 Å². The second kappa shape index (κ2) is 9.10. The molecule has 6 nitrogen and oxygen atoms in total. The van der Waals surface area contributed by atoms with Gasteiger partial charge in [0, 0.05) is 48.5 Å². The Morgan fingerprint density at radius 1 is 1.07 bits per heavy atom. The summed E-state index contributed by atoms with van der Waals surface area (Å²) in [4.78, 5) is 34.8. The third-order valence-corrected chi connectivity index (χ3v) is 4.39. The molecule has 3 aromatic rings. The Morgan fingerprint density at radius 3 is 2.61 bits per heavy atom. The molecule has 0 saturated heterocycles. The molecule has 0 unspecified atom stereocenters. The molecule has 0 aliphatic carbocycles. The fraction of sp³-hybridized carbons (Fsp3) is 0.143. The first-order chi connectivity index (χ1) is 13.5. The van der Waals surface area contributed by atoms with Gasteiger partial charge in [-0.25, -0.2) is 0 Å². The lowest BCUT2D eigenvalue weighted by atomic mass is 10.1. The van der Waals surface area contributed by atoms with Crippen molar-refractivity contribution in [2.75, 3.05) is 18.9 Å². The molecule has 0 saturated carbocycles. The Balaban J connectivity index is 1.66. The number of nitrogens with zero attached hydrogens (tertiary/aromatic N) is 3. The van der Waals surface area contributed by atoms with Crippen LogP contribution in [0.1, 0.15) is 26.4 Å². The van der Waals surface area contributed by atoms with Crippen LogP contribution in [0, 0.1) is 0 Å². The number of aromatic nitrogens is 2. The van der Waals surface area contributed by atoms with Gasteiger partial charge in [-0.3, -0.25) is 19.6 Å². The molecule has 0 aliphatic rings. The van der Waals surface area contributed by atoms with E-state index in [2.05, 4.69) is 15.3 Å². The average Bonchev–Trinajstić information content (AvgIpc) is 2.72. The maximum Gasteiger partial charge on any atom is 0.272 e. The monoisotopic (exact) mass is 394 g/mol. The second-order valence-corrected chi connectivity index (χ2v) is 6.66. The number of rotatable bonds is 6. The van der Waals surface area contributed by atoms with Crippen molar-refractivity contribution in [1.29, 1.82) is 0 Å². The zero-order valence-corrected chi connectivity index (χ0v) is 16.1. The van der Waals surface area contributed by atoms with Crippen molar-refractivity contribution >= 4 is 29.1 Å². The molecule has 142 valence electrons. The van der Waals surface area contributed by atoms with Crippen LogP contribution in [-0.4, -0.2) is 40.3 Å². The molecule has 2 aromatic heterocycles. The minimum atomic E-state index is -0.335. The van der Waals surface area contributed by atoms with Gasteiger partial charge in [0.05, 0.1) is 0 Å². The van der Waals surface area contributed by atoms with Crippen LogP contribution < -0.4 is 5.32 Å². The van der Waals surface area contributed by atoms with Gasteiger partial charge in [-0.1, -0.05) is 17.7 Å². The van der Waals surface area contributed by atoms with Gasteiger partial charge in [-0.15, -0.1) is 0 Å². The van der Waals surface area contributed by atoms with E-state index < -0.39 is 0 Å². The molecule has 28 heavy (non-hydrogen) atoms. The third-order valence-electron chi connectivity index (χ3n) is 4.16. The van der Waals surface area contributed by atoms with Crippen molar-refractivity contribution in [3.05, 3.63) is 89.0 Å². The first-order valence-corrected chi connectivity index (χ1v) is 9.08. The number of amides is 2. The van der Waals surface area contributed by atoms with Crippen molar-refractivity contribution in [2.24, 2.45) is 0 Å². The average molecular weight is 395 g/mol. The minimum Gasteiger partial charge on any atom is -0.340 e. The van der Waals surface area contributed by atoms with Crippen LogP contribution in [0.4, 0.5) is 5.69 Å². The Hall–Kier alpha value is -3.25. The molecule has 7 heteroatoms. The molecular weight excluding hydrogens is 376 g/mol. The number of hydrogen-bond donors (Lipinski definition) is 1. The molecule has 0 radical (unpaired) electrons. The largest absolute Gasteiger partial charge is 0.340 e. The van der Waals surface area contributed by atoms with E-state index in [1.54, 1.807) is 54.7 Å². The van der Waals surface area contributed by atoms with Crippen molar-refractivity contribution in [3.8, 4) is 0 Å². The SMILES string of the molecule is CN(CCc1ccncc1)C(=O)c1cc(C(=O)Nc2cccc(Cl)c2)ccn1. The summed E-state index contributed by atoms with van der Waals surface area (Å²) in [5, 5.41) is 3.29. The van der Waals surface area contributed by atoms with Crippen LogP contribution in [0.25, 0.3) is 0 Å². The van der Waals surface area contributed by atoms with E-state index in [1.807, 2.05) is 12.1 Å². The van der Waals surface area contributed by atoms with Crippen LogP contribution in [0.2, 0.25) is 5.02 Å². The number of carbonyl (C=O) groups is 2. The number of hydrogen-bond acceptors (Lipinski definition) is 4. The fourth-order valence-corrected chi connectivity index (χ4v) is 2.79. The summed E-state index contributed by atoms with van der Waals surface area (Å²) in [6.45, 7) is 0.531. The quantitative estimate of drug-likeness (QED) is 0.691. The Kier molecular flexibility index (Phi) is 6.34. The standard InChI is InChI=1S/C21H19ClN4O2/c1-26(12-8-15-5-9-23-10-6-15)21(28)19-13-16(7-11-24-19)20(27)25-18-4-2-3-17(22)14-18/h2-7,9-11,13-14H,8,12H2,1H3,(H,25,27). The number of halogens is 1. The first kappa shape index (κ1) is 19.5. The maximum atomic E-state index is 12.6. The number of likely N-dealkylation sites (N-methyl/N-ethyl adjacent to an activating group) is 1. The van der Waals surface area contributed by atoms with E-state index in [0.717, 1.165) is 5.56 Å². The number of anilines is 1. The molecule has 1 aromatic carbocycles. The minimum absolute atomic E-state index is 0.218. The molecule has 1 N–H and O–H groups in total. The van der Waals surface area contributed by atoms with Gasteiger partial charge in [0.2, 0.25) is 0 Å². The lowest BCUT2D eigenvalue weighted by molar-refractivity contribution is 0.0791. The molecule has 0 bridgehead atoms. The third kappa shape index (κ3) is 5.14. The highest BCUT2D eigenvalue weighted by Crippen LogP contribution is 2.16. The Bertz CT molecular complexity index is 979. The van der Waals surface area contributed by atoms with Crippen molar-refractivity contribution in [3.63, 3.8) is 0 Å². The maximum absolute atomic E-state index is 12.6.